The molecule has 0 bridgehead atoms. The summed E-state index contributed by atoms with van der Waals surface area (Å²) < 4.78 is 0. The van der Waals surface area contributed by atoms with E-state index in [0.29, 0.717) is 23.9 Å². The highest BCUT2D eigenvalue weighted by atomic mass is 32.1. The first-order valence-corrected chi connectivity index (χ1v) is 9.55. The van der Waals surface area contributed by atoms with E-state index >= 15 is 0 Å². The summed E-state index contributed by atoms with van der Waals surface area (Å²) in [5.74, 6) is -0.0471. The Morgan fingerprint density at radius 2 is 2.12 bits per heavy atom. The fourth-order valence-corrected chi connectivity index (χ4v) is 4.44. The number of rotatable bonds is 4. The van der Waals surface area contributed by atoms with Gasteiger partial charge in [0, 0.05) is 21.8 Å². The zero-order chi connectivity index (χ0) is 18.3. The van der Waals surface area contributed by atoms with Crippen LogP contribution in [0.2, 0.25) is 0 Å². The van der Waals surface area contributed by atoms with Crippen molar-refractivity contribution in [1.29, 1.82) is 0 Å². The van der Waals surface area contributed by atoms with E-state index in [4.69, 9.17) is 0 Å². The van der Waals surface area contributed by atoms with Crippen molar-refractivity contribution in [2.24, 2.45) is 5.92 Å². The maximum absolute atomic E-state index is 13.0. The second-order valence-electron chi connectivity index (χ2n) is 6.95. The van der Waals surface area contributed by atoms with E-state index in [1.165, 1.54) is 6.07 Å². The number of carbonyl (C=O) groups excluding carboxylic acids is 1. The molecule has 1 saturated carbocycles. The molecule has 2 heterocycles. The van der Waals surface area contributed by atoms with Crippen LogP contribution in [0, 0.1) is 12.8 Å². The van der Waals surface area contributed by atoms with E-state index < -0.39 is 0 Å². The summed E-state index contributed by atoms with van der Waals surface area (Å²) in [4.78, 5) is 28.9. The SMILES string of the molecule is Cc1ccc2[nH]c(=O)cc(C(=O)N[C@@H](c3cccs3)C3CC(O)C3)c2c1. The number of aliphatic hydroxyl groups excluding tert-OH is 1. The molecular weight excluding hydrogens is 348 g/mol. The third-order valence-corrected chi connectivity index (χ3v) is 5.96. The Balaban J connectivity index is 1.69. The van der Waals surface area contributed by atoms with Crippen LogP contribution in [0.5, 0.6) is 0 Å². The molecule has 1 amide bonds. The molecule has 134 valence electrons. The number of pyridine rings is 1. The average molecular weight is 368 g/mol. The number of H-pyrrole nitrogens is 1. The van der Waals surface area contributed by atoms with Gasteiger partial charge in [0.15, 0.2) is 0 Å². The number of amides is 1. The molecule has 1 aromatic carbocycles. The number of aliphatic hydroxyl groups is 1. The minimum absolute atomic E-state index is 0.148. The Kier molecular flexibility index (Phi) is 4.38. The standard InChI is InChI=1S/C20H20N2O3S/c1-11-4-5-16-14(7-11)15(10-18(24)21-16)20(25)22-19(12-8-13(23)9-12)17-3-2-6-26-17/h2-7,10,12-13,19,23H,8-9H2,1H3,(H,21,24)(H,22,25)/t12?,13?,19-/m1/s1. The Bertz CT molecular complexity index is 1000. The van der Waals surface area contributed by atoms with Crippen LogP contribution in [0.3, 0.4) is 0 Å². The van der Waals surface area contributed by atoms with Gasteiger partial charge in [-0.25, -0.2) is 0 Å². The molecule has 1 fully saturated rings. The molecule has 4 rings (SSSR count). The van der Waals surface area contributed by atoms with Crippen molar-refractivity contribution in [3.8, 4) is 0 Å². The number of aryl methyl sites for hydroxylation is 1. The highest BCUT2D eigenvalue weighted by Gasteiger charge is 2.36. The summed E-state index contributed by atoms with van der Waals surface area (Å²) in [6, 6.07) is 10.8. The summed E-state index contributed by atoms with van der Waals surface area (Å²) in [6.07, 6.45) is 1.07. The monoisotopic (exact) mass is 368 g/mol. The van der Waals surface area contributed by atoms with Gasteiger partial charge in [-0.1, -0.05) is 17.7 Å². The number of aromatic nitrogens is 1. The van der Waals surface area contributed by atoms with Gasteiger partial charge in [0.25, 0.3) is 5.91 Å². The van der Waals surface area contributed by atoms with Crippen molar-refractivity contribution >= 4 is 28.1 Å². The van der Waals surface area contributed by atoms with Crippen molar-refractivity contribution in [2.45, 2.75) is 31.9 Å². The molecule has 3 aromatic rings. The van der Waals surface area contributed by atoms with Crippen LogP contribution in [0.25, 0.3) is 10.9 Å². The minimum Gasteiger partial charge on any atom is -0.393 e. The number of hydrogen-bond acceptors (Lipinski definition) is 4. The molecule has 3 N–H and O–H groups in total. The van der Waals surface area contributed by atoms with E-state index in [1.807, 2.05) is 42.6 Å². The van der Waals surface area contributed by atoms with Crippen LogP contribution in [0.1, 0.15) is 39.7 Å². The normalized spacial score (nSPS) is 20.5. The van der Waals surface area contributed by atoms with Gasteiger partial charge in [-0.3, -0.25) is 9.59 Å². The number of carbonyl (C=O) groups is 1. The molecule has 0 saturated heterocycles. The number of aromatic amines is 1. The van der Waals surface area contributed by atoms with Gasteiger partial charge in [-0.15, -0.1) is 11.3 Å². The molecule has 1 atom stereocenters. The maximum atomic E-state index is 13.0. The van der Waals surface area contributed by atoms with Gasteiger partial charge in [0.05, 0.1) is 17.7 Å². The number of thiophene rings is 1. The fourth-order valence-electron chi connectivity index (χ4n) is 3.57. The van der Waals surface area contributed by atoms with Crippen molar-refractivity contribution in [3.63, 3.8) is 0 Å². The molecule has 0 spiro atoms. The summed E-state index contributed by atoms with van der Waals surface area (Å²) in [6.45, 7) is 1.95. The van der Waals surface area contributed by atoms with E-state index in [-0.39, 0.29) is 29.5 Å². The number of hydrogen-bond donors (Lipinski definition) is 3. The summed E-state index contributed by atoms with van der Waals surface area (Å²) in [5, 5.41) is 15.5. The van der Waals surface area contributed by atoms with Crippen molar-refractivity contribution in [1.82, 2.24) is 10.3 Å². The van der Waals surface area contributed by atoms with Crippen molar-refractivity contribution in [3.05, 3.63) is 68.1 Å². The summed E-state index contributed by atoms with van der Waals surface area (Å²) in [5.41, 5.74) is 1.77. The molecule has 26 heavy (non-hydrogen) atoms. The third kappa shape index (κ3) is 3.18. The van der Waals surface area contributed by atoms with E-state index in [9.17, 15) is 14.7 Å². The average Bonchev–Trinajstić information content (AvgIpc) is 3.11. The molecule has 1 aliphatic carbocycles. The lowest BCUT2D eigenvalue weighted by Gasteiger charge is -2.37. The molecule has 0 radical (unpaired) electrons. The highest BCUT2D eigenvalue weighted by Crippen LogP contribution is 2.39. The predicted molar refractivity (Wildman–Crippen MR) is 103 cm³/mol. The lowest BCUT2D eigenvalue weighted by molar-refractivity contribution is 0.0241. The van der Waals surface area contributed by atoms with Crippen molar-refractivity contribution < 1.29 is 9.90 Å². The summed E-state index contributed by atoms with van der Waals surface area (Å²) in [7, 11) is 0. The molecule has 2 aromatic heterocycles. The second-order valence-corrected chi connectivity index (χ2v) is 7.93. The molecular formula is C20H20N2O3S. The number of nitrogens with one attached hydrogen (secondary N) is 2. The highest BCUT2D eigenvalue weighted by molar-refractivity contribution is 7.10. The first-order chi connectivity index (χ1) is 12.5. The van der Waals surface area contributed by atoms with E-state index in [2.05, 4.69) is 10.3 Å². The minimum atomic E-state index is -0.293. The molecule has 0 aliphatic heterocycles. The molecule has 5 nitrogen and oxygen atoms in total. The Hall–Kier alpha value is -2.44. The van der Waals surface area contributed by atoms with Crippen molar-refractivity contribution in [2.75, 3.05) is 0 Å². The second kappa shape index (κ2) is 6.70. The van der Waals surface area contributed by atoms with Gasteiger partial charge in [0.1, 0.15) is 0 Å². The maximum Gasteiger partial charge on any atom is 0.252 e. The Labute approximate surface area is 154 Å². The van der Waals surface area contributed by atoms with Gasteiger partial charge in [0.2, 0.25) is 5.56 Å². The van der Waals surface area contributed by atoms with Crippen LogP contribution < -0.4 is 10.9 Å². The topological polar surface area (TPSA) is 82.2 Å². The van der Waals surface area contributed by atoms with Gasteiger partial charge in [-0.05, 0) is 49.3 Å². The van der Waals surface area contributed by atoms with E-state index in [1.54, 1.807) is 11.3 Å². The Morgan fingerprint density at radius 1 is 1.31 bits per heavy atom. The first-order valence-electron chi connectivity index (χ1n) is 8.67. The number of benzene rings is 1. The zero-order valence-corrected chi connectivity index (χ0v) is 15.2. The smallest absolute Gasteiger partial charge is 0.252 e. The first kappa shape index (κ1) is 17.0. The fraction of sp³-hybridized carbons (Fsp3) is 0.300. The molecule has 1 aliphatic rings. The lowest BCUT2D eigenvalue weighted by atomic mass is 9.76. The van der Waals surface area contributed by atoms with Gasteiger partial charge >= 0.3 is 0 Å². The summed E-state index contributed by atoms with van der Waals surface area (Å²) >= 11 is 1.59. The third-order valence-electron chi connectivity index (χ3n) is 5.00. The predicted octanol–water partition coefficient (Wildman–Crippen LogP) is 3.14. The number of fused-ring (bicyclic) bond motifs is 1. The Morgan fingerprint density at radius 3 is 2.81 bits per heavy atom. The van der Waals surface area contributed by atoms with Crippen LogP contribution in [0.4, 0.5) is 0 Å². The largest absolute Gasteiger partial charge is 0.393 e. The van der Waals surface area contributed by atoms with Crippen LogP contribution >= 0.6 is 11.3 Å². The van der Waals surface area contributed by atoms with E-state index in [0.717, 1.165) is 15.8 Å². The van der Waals surface area contributed by atoms with Crippen LogP contribution in [-0.4, -0.2) is 22.1 Å². The van der Waals surface area contributed by atoms with Gasteiger partial charge < -0.3 is 15.4 Å². The quantitative estimate of drug-likeness (QED) is 0.662. The van der Waals surface area contributed by atoms with Crippen LogP contribution in [-0.2, 0) is 0 Å². The molecule has 0 unspecified atom stereocenters. The lowest BCUT2D eigenvalue weighted by Crippen LogP contribution is -2.41. The van der Waals surface area contributed by atoms with Crippen LogP contribution in [0.15, 0.2) is 46.6 Å². The van der Waals surface area contributed by atoms with Gasteiger partial charge in [-0.2, -0.15) is 0 Å². The molecule has 6 heteroatoms. The zero-order valence-electron chi connectivity index (χ0n) is 14.4.